The number of anilines is 1. The van der Waals surface area contributed by atoms with E-state index in [4.69, 9.17) is 18.0 Å². The number of nitrogens with zero attached hydrogens (tertiary/aromatic N) is 2. The van der Waals surface area contributed by atoms with E-state index in [9.17, 15) is 14.9 Å². The first-order chi connectivity index (χ1) is 9.97. The van der Waals surface area contributed by atoms with Gasteiger partial charge in [-0.05, 0) is 37.2 Å². The van der Waals surface area contributed by atoms with Crippen LogP contribution < -0.4 is 11.1 Å². The molecule has 112 valence electrons. The maximum Gasteiger partial charge on any atom is 0.269 e. The van der Waals surface area contributed by atoms with Gasteiger partial charge in [0.1, 0.15) is 0 Å². The molecule has 0 bridgehead atoms. The van der Waals surface area contributed by atoms with Crippen LogP contribution in [0, 0.1) is 16.0 Å². The summed E-state index contributed by atoms with van der Waals surface area (Å²) >= 11 is 5.31. The van der Waals surface area contributed by atoms with Gasteiger partial charge in [0, 0.05) is 30.9 Å². The number of hydrogen-bond acceptors (Lipinski definition) is 4. The fourth-order valence-electron chi connectivity index (χ4n) is 2.26. The van der Waals surface area contributed by atoms with Gasteiger partial charge in [-0.15, -0.1) is 0 Å². The Morgan fingerprint density at radius 2 is 2.10 bits per heavy atom. The van der Waals surface area contributed by atoms with Crippen LogP contribution in [-0.4, -0.2) is 33.9 Å². The Kier molecular flexibility index (Phi) is 4.69. The van der Waals surface area contributed by atoms with Crippen LogP contribution in [0.15, 0.2) is 24.3 Å². The number of carbonyl (C=O) groups is 1. The van der Waals surface area contributed by atoms with Gasteiger partial charge in [0.2, 0.25) is 5.91 Å². The maximum absolute atomic E-state index is 11.3. The first-order valence-electron chi connectivity index (χ1n) is 6.57. The van der Waals surface area contributed by atoms with Gasteiger partial charge in [-0.1, -0.05) is 0 Å². The number of benzene rings is 1. The van der Waals surface area contributed by atoms with Gasteiger partial charge in [0.25, 0.3) is 5.69 Å². The molecular weight excluding hydrogens is 292 g/mol. The van der Waals surface area contributed by atoms with Gasteiger partial charge in [0.15, 0.2) is 5.11 Å². The second-order valence-electron chi connectivity index (χ2n) is 4.92. The predicted molar refractivity (Wildman–Crippen MR) is 82.8 cm³/mol. The third-order valence-corrected chi connectivity index (χ3v) is 3.80. The molecule has 1 heterocycles. The largest absolute Gasteiger partial charge is 0.369 e. The lowest BCUT2D eigenvalue weighted by molar-refractivity contribution is -0.384. The normalized spacial score (nSPS) is 18.1. The lowest BCUT2D eigenvalue weighted by Gasteiger charge is -2.33. The summed E-state index contributed by atoms with van der Waals surface area (Å²) in [5.74, 6) is -0.492. The van der Waals surface area contributed by atoms with Crippen LogP contribution in [0.25, 0.3) is 0 Å². The Labute approximate surface area is 127 Å². The average molecular weight is 308 g/mol. The fourth-order valence-corrected chi connectivity index (χ4v) is 2.55. The second kappa shape index (κ2) is 6.49. The number of non-ortho nitro benzene ring substituents is 1. The van der Waals surface area contributed by atoms with E-state index < -0.39 is 4.92 Å². The zero-order valence-corrected chi connectivity index (χ0v) is 12.1. The highest BCUT2D eigenvalue weighted by Gasteiger charge is 2.25. The van der Waals surface area contributed by atoms with Gasteiger partial charge in [-0.3, -0.25) is 14.9 Å². The van der Waals surface area contributed by atoms with Crippen molar-refractivity contribution in [3.8, 4) is 0 Å². The van der Waals surface area contributed by atoms with Crippen molar-refractivity contribution in [2.75, 3.05) is 18.4 Å². The lowest BCUT2D eigenvalue weighted by Crippen LogP contribution is -2.45. The zero-order chi connectivity index (χ0) is 15.4. The zero-order valence-electron chi connectivity index (χ0n) is 11.3. The van der Waals surface area contributed by atoms with E-state index >= 15 is 0 Å². The first kappa shape index (κ1) is 15.2. The van der Waals surface area contributed by atoms with Crippen LogP contribution in [-0.2, 0) is 4.79 Å². The van der Waals surface area contributed by atoms with E-state index in [0.29, 0.717) is 17.3 Å². The monoisotopic (exact) mass is 308 g/mol. The van der Waals surface area contributed by atoms with Crippen LogP contribution >= 0.6 is 12.2 Å². The molecule has 0 aromatic heterocycles. The van der Waals surface area contributed by atoms with Crippen LogP contribution in [0.4, 0.5) is 11.4 Å². The van der Waals surface area contributed by atoms with Gasteiger partial charge in [0.05, 0.1) is 10.8 Å². The van der Waals surface area contributed by atoms with E-state index in [0.717, 1.165) is 19.4 Å². The number of nitrogens with one attached hydrogen (secondary N) is 1. The SMILES string of the molecule is NC(=O)[C@H]1CCCN(C(=S)Nc2ccc([N+](=O)[O-])cc2)C1. The van der Waals surface area contributed by atoms with E-state index in [1.165, 1.54) is 12.1 Å². The number of primary amides is 1. The minimum atomic E-state index is -0.454. The Balaban J connectivity index is 1.97. The Hall–Kier alpha value is -2.22. The molecule has 8 heteroatoms. The van der Waals surface area contributed by atoms with Crippen LogP contribution in [0.1, 0.15) is 12.8 Å². The van der Waals surface area contributed by atoms with Crippen molar-refractivity contribution in [3.63, 3.8) is 0 Å². The predicted octanol–water partition coefficient (Wildman–Crippen LogP) is 1.49. The van der Waals surface area contributed by atoms with Crippen LogP contribution in [0.2, 0.25) is 0 Å². The minimum Gasteiger partial charge on any atom is -0.369 e. The van der Waals surface area contributed by atoms with E-state index in [2.05, 4.69) is 5.32 Å². The molecule has 0 spiro atoms. The number of nitro groups is 1. The van der Waals surface area contributed by atoms with Crippen molar-refractivity contribution in [2.24, 2.45) is 11.7 Å². The number of nitro benzene ring substituents is 1. The number of thiocarbonyl (C=S) groups is 1. The summed E-state index contributed by atoms with van der Waals surface area (Å²) in [6.45, 7) is 1.27. The molecule has 1 aromatic rings. The standard InChI is InChI=1S/C13H16N4O3S/c14-12(18)9-2-1-7-16(8-9)13(21)15-10-3-5-11(6-4-10)17(19)20/h3-6,9H,1-2,7-8H2,(H2,14,18)(H,15,21)/t9-/m0/s1. The summed E-state index contributed by atoms with van der Waals surface area (Å²) in [5, 5.41) is 14.1. The number of piperidine rings is 1. The van der Waals surface area contributed by atoms with Crippen molar-refractivity contribution in [1.29, 1.82) is 0 Å². The molecular formula is C13H16N4O3S. The molecule has 1 aromatic carbocycles. The smallest absolute Gasteiger partial charge is 0.269 e. The van der Waals surface area contributed by atoms with E-state index in [1.807, 2.05) is 4.90 Å². The molecule has 2 rings (SSSR count). The summed E-state index contributed by atoms with van der Waals surface area (Å²) in [4.78, 5) is 23.3. The molecule has 21 heavy (non-hydrogen) atoms. The number of rotatable bonds is 3. The highest BCUT2D eigenvalue weighted by molar-refractivity contribution is 7.80. The third-order valence-electron chi connectivity index (χ3n) is 3.44. The number of nitrogens with two attached hydrogens (primary N) is 1. The molecule has 1 aliphatic heterocycles. The summed E-state index contributed by atoms with van der Waals surface area (Å²) in [6, 6.07) is 6.01. The third kappa shape index (κ3) is 3.88. The summed E-state index contributed by atoms with van der Waals surface area (Å²) in [5.41, 5.74) is 6.03. The van der Waals surface area contributed by atoms with Gasteiger partial charge < -0.3 is 16.0 Å². The van der Waals surface area contributed by atoms with Gasteiger partial charge >= 0.3 is 0 Å². The molecule has 0 saturated carbocycles. The number of hydrogen-bond donors (Lipinski definition) is 2. The van der Waals surface area contributed by atoms with Crippen molar-refractivity contribution in [2.45, 2.75) is 12.8 Å². The van der Waals surface area contributed by atoms with Crippen molar-refractivity contribution < 1.29 is 9.72 Å². The summed E-state index contributed by atoms with van der Waals surface area (Å²) < 4.78 is 0. The molecule has 1 amide bonds. The Morgan fingerprint density at radius 3 is 2.67 bits per heavy atom. The summed E-state index contributed by atoms with van der Waals surface area (Å²) in [7, 11) is 0. The summed E-state index contributed by atoms with van der Waals surface area (Å²) in [6.07, 6.45) is 1.64. The molecule has 7 nitrogen and oxygen atoms in total. The topological polar surface area (TPSA) is 102 Å². The molecule has 0 radical (unpaired) electrons. The van der Waals surface area contributed by atoms with Gasteiger partial charge in [-0.2, -0.15) is 0 Å². The Morgan fingerprint density at radius 1 is 1.43 bits per heavy atom. The van der Waals surface area contributed by atoms with Gasteiger partial charge in [-0.25, -0.2) is 0 Å². The molecule has 3 N–H and O–H groups in total. The fraction of sp³-hybridized carbons (Fsp3) is 0.385. The van der Waals surface area contributed by atoms with Crippen LogP contribution in [0.5, 0.6) is 0 Å². The number of likely N-dealkylation sites (tertiary alicyclic amines) is 1. The number of carbonyl (C=O) groups excluding carboxylic acids is 1. The van der Waals surface area contributed by atoms with Crippen molar-refractivity contribution >= 4 is 34.6 Å². The quantitative estimate of drug-likeness (QED) is 0.498. The second-order valence-corrected chi connectivity index (χ2v) is 5.31. The van der Waals surface area contributed by atoms with Crippen molar-refractivity contribution in [1.82, 2.24) is 4.90 Å². The van der Waals surface area contributed by atoms with E-state index in [1.54, 1.807) is 12.1 Å². The first-order valence-corrected chi connectivity index (χ1v) is 6.98. The molecule has 1 fully saturated rings. The highest BCUT2D eigenvalue weighted by atomic mass is 32.1. The van der Waals surface area contributed by atoms with E-state index in [-0.39, 0.29) is 17.5 Å². The maximum atomic E-state index is 11.3. The number of amides is 1. The van der Waals surface area contributed by atoms with Crippen LogP contribution in [0.3, 0.4) is 0 Å². The molecule has 1 saturated heterocycles. The average Bonchev–Trinajstić information content (AvgIpc) is 2.48. The minimum absolute atomic E-state index is 0.0261. The van der Waals surface area contributed by atoms with Crippen molar-refractivity contribution in [3.05, 3.63) is 34.4 Å². The highest BCUT2D eigenvalue weighted by Crippen LogP contribution is 2.19. The molecule has 1 atom stereocenters. The lowest BCUT2D eigenvalue weighted by atomic mass is 9.98. The molecule has 0 aliphatic carbocycles. The Bertz CT molecular complexity index is 561. The molecule has 0 unspecified atom stereocenters. The molecule has 1 aliphatic rings.